The molecule has 0 bridgehead atoms. The number of sulfonamides is 1. The molecule has 0 fully saturated rings. The first-order valence-corrected chi connectivity index (χ1v) is 6.44. The highest BCUT2D eigenvalue weighted by molar-refractivity contribution is 7.89. The van der Waals surface area contributed by atoms with Crippen molar-refractivity contribution >= 4 is 15.9 Å². The van der Waals surface area contributed by atoms with Crippen LogP contribution in [0.4, 0.5) is 0 Å². The van der Waals surface area contributed by atoms with Gasteiger partial charge in [0.1, 0.15) is 5.84 Å². The molecule has 0 aromatic heterocycles. The SMILES string of the molecule is C=C1C=CN(S(=O)(=O)c2ccc(C)cc2)C1=N. The number of rotatable bonds is 2. The standard InChI is InChI=1S/C12H12N2O2S/c1-9-3-5-11(6-4-9)17(15,16)14-8-7-10(2)12(14)13/h3-8,13H,2H2,1H3. The van der Waals surface area contributed by atoms with Crippen LogP contribution in [0.25, 0.3) is 0 Å². The van der Waals surface area contributed by atoms with Crippen molar-refractivity contribution in [2.24, 2.45) is 0 Å². The molecule has 0 spiro atoms. The number of nitrogens with zero attached hydrogens (tertiary/aromatic N) is 1. The zero-order valence-electron chi connectivity index (χ0n) is 9.34. The molecule has 0 atom stereocenters. The van der Waals surface area contributed by atoms with Gasteiger partial charge in [0.05, 0.1) is 4.90 Å². The third-order valence-corrected chi connectivity index (χ3v) is 4.20. The summed E-state index contributed by atoms with van der Waals surface area (Å²) in [7, 11) is -3.68. The molecular formula is C12H12N2O2S. The number of hydrogen-bond donors (Lipinski definition) is 1. The van der Waals surface area contributed by atoms with E-state index in [0.29, 0.717) is 5.57 Å². The molecule has 1 aromatic rings. The van der Waals surface area contributed by atoms with Crippen LogP contribution >= 0.6 is 0 Å². The number of nitrogens with one attached hydrogen (secondary N) is 1. The molecule has 1 N–H and O–H groups in total. The summed E-state index contributed by atoms with van der Waals surface area (Å²) in [4.78, 5) is 0.173. The first-order chi connectivity index (χ1) is 7.93. The summed E-state index contributed by atoms with van der Waals surface area (Å²) >= 11 is 0. The van der Waals surface area contributed by atoms with E-state index in [1.807, 2.05) is 6.92 Å². The van der Waals surface area contributed by atoms with Gasteiger partial charge in [-0.15, -0.1) is 0 Å². The van der Waals surface area contributed by atoms with Crippen LogP contribution < -0.4 is 0 Å². The molecule has 4 nitrogen and oxygen atoms in total. The quantitative estimate of drug-likeness (QED) is 0.870. The predicted octanol–water partition coefficient (Wildman–Crippen LogP) is 2.05. The van der Waals surface area contributed by atoms with E-state index in [4.69, 9.17) is 5.41 Å². The summed E-state index contributed by atoms with van der Waals surface area (Å²) < 4.78 is 25.3. The first-order valence-electron chi connectivity index (χ1n) is 5.00. The van der Waals surface area contributed by atoms with Gasteiger partial charge in [-0.25, -0.2) is 12.7 Å². The monoisotopic (exact) mass is 248 g/mol. The molecule has 1 aliphatic heterocycles. The van der Waals surface area contributed by atoms with E-state index in [1.54, 1.807) is 12.1 Å². The van der Waals surface area contributed by atoms with Crippen molar-refractivity contribution in [3.05, 3.63) is 54.3 Å². The zero-order valence-corrected chi connectivity index (χ0v) is 10.2. The van der Waals surface area contributed by atoms with Crippen LogP contribution in [0.5, 0.6) is 0 Å². The van der Waals surface area contributed by atoms with E-state index < -0.39 is 10.0 Å². The Kier molecular flexibility index (Phi) is 2.63. The Morgan fingerprint density at radius 2 is 1.82 bits per heavy atom. The second-order valence-corrected chi connectivity index (χ2v) is 5.62. The molecule has 0 aliphatic carbocycles. The summed E-state index contributed by atoms with van der Waals surface area (Å²) in [5.41, 5.74) is 1.38. The fourth-order valence-corrected chi connectivity index (χ4v) is 2.76. The van der Waals surface area contributed by atoms with E-state index in [0.717, 1.165) is 9.87 Å². The Morgan fingerprint density at radius 1 is 1.24 bits per heavy atom. The fourth-order valence-electron chi connectivity index (χ4n) is 1.48. The number of amidine groups is 1. The van der Waals surface area contributed by atoms with Crippen LogP contribution in [0.1, 0.15) is 5.56 Å². The van der Waals surface area contributed by atoms with Crippen molar-refractivity contribution < 1.29 is 8.42 Å². The molecule has 0 amide bonds. The summed E-state index contributed by atoms with van der Waals surface area (Å²) in [6, 6.07) is 6.52. The molecule has 0 saturated heterocycles. The van der Waals surface area contributed by atoms with Gasteiger partial charge in [-0.3, -0.25) is 5.41 Å². The van der Waals surface area contributed by atoms with Gasteiger partial charge in [0.15, 0.2) is 0 Å². The van der Waals surface area contributed by atoms with Gasteiger partial charge < -0.3 is 0 Å². The minimum Gasteiger partial charge on any atom is -0.283 e. The van der Waals surface area contributed by atoms with E-state index in [2.05, 4.69) is 6.58 Å². The van der Waals surface area contributed by atoms with Crippen molar-refractivity contribution in [1.82, 2.24) is 4.31 Å². The van der Waals surface area contributed by atoms with E-state index in [-0.39, 0.29) is 10.7 Å². The maximum Gasteiger partial charge on any atom is 0.269 e. The lowest BCUT2D eigenvalue weighted by Gasteiger charge is -2.16. The number of benzene rings is 1. The molecule has 0 unspecified atom stereocenters. The number of hydrogen-bond acceptors (Lipinski definition) is 3. The molecule has 5 heteroatoms. The summed E-state index contributed by atoms with van der Waals surface area (Å²) in [6.07, 6.45) is 2.86. The van der Waals surface area contributed by atoms with E-state index >= 15 is 0 Å². The van der Waals surface area contributed by atoms with Crippen molar-refractivity contribution in [1.29, 1.82) is 5.41 Å². The lowest BCUT2D eigenvalue weighted by atomic mass is 10.2. The highest BCUT2D eigenvalue weighted by atomic mass is 32.2. The first kappa shape index (κ1) is 11.6. The van der Waals surface area contributed by atoms with Crippen molar-refractivity contribution in [2.75, 3.05) is 0 Å². The number of aryl methyl sites for hydroxylation is 1. The molecule has 17 heavy (non-hydrogen) atoms. The zero-order chi connectivity index (χ0) is 12.6. The van der Waals surface area contributed by atoms with Crippen LogP contribution in [-0.4, -0.2) is 18.6 Å². The third-order valence-electron chi connectivity index (χ3n) is 2.51. The second kappa shape index (κ2) is 3.85. The largest absolute Gasteiger partial charge is 0.283 e. The van der Waals surface area contributed by atoms with Crippen LogP contribution in [0.15, 0.2) is 53.6 Å². The maximum absolute atomic E-state index is 12.2. The van der Waals surface area contributed by atoms with Crippen molar-refractivity contribution in [3.63, 3.8) is 0 Å². The summed E-state index contributed by atoms with van der Waals surface area (Å²) in [5, 5.41) is 7.64. The van der Waals surface area contributed by atoms with Gasteiger partial charge in [0, 0.05) is 11.8 Å². The van der Waals surface area contributed by atoms with Gasteiger partial charge in [-0.2, -0.15) is 0 Å². The Labute approximate surface area is 100 Å². The van der Waals surface area contributed by atoms with Crippen molar-refractivity contribution in [2.45, 2.75) is 11.8 Å². The molecule has 88 valence electrons. The Morgan fingerprint density at radius 3 is 2.29 bits per heavy atom. The predicted molar refractivity (Wildman–Crippen MR) is 66.2 cm³/mol. The minimum atomic E-state index is -3.68. The molecule has 0 saturated carbocycles. The highest BCUT2D eigenvalue weighted by Crippen LogP contribution is 2.22. The Balaban J connectivity index is 2.45. The van der Waals surface area contributed by atoms with Crippen LogP contribution in [0, 0.1) is 12.3 Å². The van der Waals surface area contributed by atoms with Crippen LogP contribution in [0.2, 0.25) is 0 Å². The lowest BCUT2D eigenvalue weighted by molar-refractivity contribution is 0.564. The van der Waals surface area contributed by atoms with Crippen LogP contribution in [-0.2, 0) is 10.0 Å². The average molecular weight is 248 g/mol. The smallest absolute Gasteiger partial charge is 0.269 e. The van der Waals surface area contributed by atoms with Gasteiger partial charge in [-0.05, 0) is 25.1 Å². The highest BCUT2D eigenvalue weighted by Gasteiger charge is 2.28. The van der Waals surface area contributed by atoms with Gasteiger partial charge >= 0.3 is 0 Å². The Hall–Kier alpha value is -1.88. The second-order valence-electron chi connectivity index (χ2n) is 3.80. The van der Waals surface area contributed by atoms with E-state index in [1.165, 1.54) is 24.4 Å². The maximum atomic E-state index is 12.2. The Bertz CT molecular complexity index is 612. The minimum absolute atomic E-state index is 0.106. The van der Waals surface area contributed by atoms with Crippen LogP contribution in [0.3, 0.4) is 0 Å². The normalized spacial score (nSPS) is 15.7. The molecule has 1 aromatic carbocycles. The lowest BCUT2D eigenvalue weighted by Crippen LogP contribution is -2.28. The fraction of sp³-hybridized carbons (Fsp3) is 0.0833. The van der Waals surface area contributed by atoms with Gasteiger partial charge in [0.25, 0.3) is 10.0 Å². The molecule has 2 rings (SSSR count). The average Bonchev–Trinajstić information content (AvgIpc) is 2.61. The third kappa shape index (κ3) is 1.89. The molecular weight excluding hydrogens is 236 g/mol. The molecule has 1 heterocycles. The topological polar surface area (TPSA) is 61.2 Å². The molecule has 0 radical (unpaired) electrons. The summed E-state index contributed by atoms with van der Waals surface area (Å²) in [5.74, 6) is -0.106. The van der Waals surface area contributed by atoms with Crippen molar-refractivity contribution in [3.8, 4) is 0 Å². The van der Waals surface area contributed by atoms with Gasteiger partial charge in [-0.1, -0.05) is 24.3 Å². The summed E-state index contributed by atoms with van der Waals surface area (Å²) in [6.45, 7) is 5.47. The van der Waals surface area contributed by atoms with E-state index in [9.17, 15) is 8.42 Å². The van der Waals surface area contributed by atoms with Gasteiger partial charge in [0.2, 0.25) is 0 Å². The molecule has 1 aliphatic rings.